The van der Waals surface area contributed by atoms with Gasteiger partial charge in [-0.2, -0.15) is 0 Å². The third-order valence-electron chi connectivity index (χ3n) is 4.55. The number of para-hydroxylation sites is 1. The molecule has 4 rings (SSSR count). The Morgan fingerprint density at radius 2 is 2.00 bits per heavy atom. The predicted octanol–water partition coefficient (Wildman–Crippen LogP) is 2.46. The zero-order chi connectivity index (χ0) is 17.9. The molecule has 1 saturated heterocycles. The fourth-order valence-corrected chi connectivity index (χ4v) is 4.26. The summed E-state index contributed by atoms with van der Waals surface area (Å²) in [7, 11) is 0. The third kappa shape index (κ3) is 3.51. The molecule has 0 unspecified atom stereocenters. The van der Waals surface area contributed by atoms with Gasteiger partial charge in [-0.3, -0.25) is 9.69 Å². The van der Waals surface area contributed by atoms with Crippen molar-refractivity contribution in [1.82, 2.24) is 10.2 Å². The predicted molar refractivity (Wildman–Crippen MR) is 102 cm³/mol. The molecular weight excluding hydrogens is 352 g/mol. The van der Waals surface area contributed by atoms with E-state index in [2.05, 4.69) is 10.2 Å². The summed E-state index contributed by atoms with van der Waals surface area (Å²) < 4.78 is 11.5. The number of hydrogen-bond acceptors (Lipinski definition) is 6. The van der Waals surface area contributed by atoms with Gasteiger partial charge in [-0.1, -0.05) is 12.1 Å². The van der Waals surface area contributed by atoms with E-state index in [1.165, 1.54) is 11.3 Å². The van der Waals surface area contributed by atoms with Gasteiger partial charge in [-0.25, -0.2) is 4.79 Å². The molecule has 26 heavy (non-hydrogen) atoms. The van der Waals surface area contributed by atoms with Crippen molar-refractivity contribution >= 4 is 38.3 Å². The molecule has 1 aliphatic rings. The first kappa shape index (κ1) is 17.2. The zero-order valence-corrected chi connectivity index (χ0v) is 15.1. The fraction of sp³-hybridized carbons (Fsp3) is 0.368. The van der Waals surface area contributed by atoms with Gasteiger partial charge in [-0.15, -0.1) is 11.3 Å². The topological polar surface area (TPSA) is 71.8 Å². The second kappa shape index (κ2) is 7.57. The second-order valence-electron chi connectivity index (χ2n) is 6.30. The Bertz CT molecular complexity index is 988. The van der Waals surface area contributed by atoms with Crippen LogP contribution in [0.4, 0.5) is 0 Å². The average Bonchev–Trinajstić information content (AvgIpc) is 3.13. The van der Waals surface area contributed by atoms with E-state index in [1.807, 2.05) is 18.2 Å². The lowest BCUT2D eigenvalue weighted by Crippen LogP contribution is -2.38. The summed E-state index contributed by atoms with van der Waals surface area (Å²) in [4.78, 5) is 27.5. The lowest BCUT2D eigenvalue weighted by atomic mass is 10.2. The lowest BCUT2D eigenvalue weighted by molar-refractivity contribution is 0.0374. The Hall–Kier alpha value is -2.22. The molecule has 1 amide bonds. The minimum Gasteiger partial charge on any atom is -0.422 e. The van der Waals surface area contributed by atoms with Gasteiger partial charge in [-0.05, 0) is 31.2 Å². The van der Waals surface area contributed by atoms with Gasteiger partial charge in [0, 0.05) is 25.0 Å². The van der Waals surface area contributed by atoms with E-state index in [9.17, 15) is 9.59 Å². The van der Waals surface area contributed by atoms with E-state index in [0.29, 0.717) is 22.4 Å². The quantitative estimate of drug-likeness (QED) is 0.550. The molecule has 1 fully saturated rings. The van der Waals surface area contributed by atoms with Crippen LogP contribution in [-0.2, 0) is 4.74 Å². The highest BCUT2D eigenvalue weighted by Gasteiger charge is 2.16. The van der Waals surface area contributed by atoms with Crippen molar-refractivity contribution in [2.24, 2.45) is 0 Å². The fourth-order valence-electron chi connectivity index (χ4n) is 3.17. The Kier molecular flexibility index (Phi) is 5.01. The largest absolute Gasteiger partial charge is 0.422 e. The van der Waals surface area contributed by atoms with Crippen LogP contribution in [0.1, 0.15) is 16.1 Å². The Labute approximate surface area is 154 Å². The molecule has 3 aromatic rings. The highest BCUT2D eigenvalue weighted by molar-refractivity contribution is 7.21. The summed E-state index contributed by atoms with van der Waals surface area (Å²) in [5.74, 6) is -0.142. The van der Waals surface area contributed by atoms with E-state index in [0.717, 1.165) is 49.4 Å². The van der Waals surface area contributed by atoms with E-state index in [4.69, 9.17) is 9.15 Å². The minimum absolute atomic E-state index is 0.142. The second-order valence-corrected chi connectivity index (χ2v) is 7.35. The normalized spacial score (nSPS) is 15.5. The number of thiophene rings is 1. The number of morpholine rings is 1. The van der Waals surface area contributed by atoms with Crippen molar-refractivity contribution in [1.29, 1.82) is 0 Å². The summed E-state index contributed by atoms with van der Waals surface area (Å²) in [6, 6.07) is 9.03. The Morgan fingerprint density at radius 1 is 1.19 bits per heavy atom. The molecule has 3 heterocycles. The van der Waals surface area contributed by atoms with Crippen LogP contribution < -0.4 is 10.9 Å². The molecule has 0 radical (unpaired) electrons. The van der Waals surface area contributed by atoms with Crippen LogP contribution in [0.5, 0.6) is 0 Å². The van der Waals surface area contributed by atoms with Crippen molar-refractivity contribution in [2.75, 3.05) is 39.4 Å². The molecule has 0 aliphatic carbocycles. The van der Waals surface area contributed by atoms with Gasteiger partial charge in [0.15, 0.2) is 0 Å². The number of benzene rings is 1. The third-order valence-corrected chi connectivity index (χ3v) is 5.72. The maximum absolute atomic E-state index is 12.4. The smallest absolute Gasteiger partial charge is 0.345 e. The monoisotopic (exact) mass is 372 g/mol. The van der Waals surface area contributed by atoms with E-state index in [1.54, 1.807) is 12.1 Å². The van der Waals surface area contributed by atoms with Crippen LogP contribution in [0.15, 0.2) is 39.5 Å². The summed E-state index contributed by atoms with van der Waals surface area (Å²) in [5, 5.41) is 4.27. The van der Waals surface area contributed by atoms with Gasteiger partial charge in [0.2, 0.25) is 0 Å². The molecule has 1 aliphatic heterocycles. The molecule has 0 saturated carbocycles. The number of amides is 1. The first-order valence-corrected chi connectivity index (χ1v) is 9.58. The van der Waals surface area contributed by atoms with Crippen LogP contribution in [0.2, 0.25) is 0 Å². The van der Waals surface area contributed by atoms with E-state index in [-0.39, 0.29) is 5.91 Å². The average molecular weight is 372 g/mol. The molecule has 0 spiro atoms. The van der Waals surface area contributed by atoms with Gasteiger partial charge >= 0.3 is 5.63 Å². The number of carbonyl (C=O) groups is 1. The van der Waals surface area contributed by atoms with Crippen molar-refractivity contribution < 1.29 is 13.9 Å². The van der Waals surface area contributed by atoms with Gasteiger partial charge in [0.25, 0.3) is 5.91 Å². The van der Waals surface area contributed by atoms with Crippen LogP contribution in [0, 0.1) is 0 Å². The highest BCUT2D eigenvalue weighted by atomic mass is 32.1. The molecule has 0 atom stereocenters. The molecule has 136 valence electrons. The maximum Gasteiger partial charge on any atom is 0.345 e. The van der Waals surface area contributed by atoms with Crippen LogP contribution in [0.25, 0.3) is 21.1 Å². The van der Waals surface area contributed by atoms with Crippen LogP contribution in [-0.4, -0.2) is 50.2 Å². The standard InChI is InChI=1S/C19H20N2O4S/c22-18(20-6-3-7-21-8-10-24-11-9-21)16-12-14-17(26-16)13-4-1-2-5-15(13)25-19(14)23/h1-2,4-5,12H,3,6-11H2,(H,20,22). The highest BCUT2D eigenvalue weighted by Crippen LogP contribution is 2.30. The number of nitrogens with one attached hydrogen (secondary N) is 1. The number of ether oxygens (including phenoxy) is 1. The minimum atomic E-state index is -0.402. The van der Waals surface area contributed by atoms with Gasteiger partial charge in [0.05, 0.1) is 28.2 Å². The molecular formula is C19H20N2O4S. The van der Waals surface area contributed by atoms with Crippen molar-refractivity contribution in [2.45, 2.75) is 6.42 Å². The number of nitrogens with zero attached hydrogens (tertiary/aromatic N) is 1. The molecule has 0 bridgehead atoms. The summed E-state index contributed by atoms with van der Waals surface area (Å²) in [6.07, 6.45) is 0.891. The number of fused-ring (bicyclic) bond motifs is 3. The first-order chi connectivity index (χ1) is 12.7. The van der Waals surface area contributed by atoms with E-state index < -0.39 is 5.63 Å². The summed E-state index contributed by atoms with van der Waals surface area (Å²) >= 11 is 1.34. The number of hydrogen-bond donors (Lipinski definition) is 1. The van der Waals surface area contributed by atoms with E-state index >= 15 is 0 Å². The van der Waals surface area contributed by atoms with Crippen molar-refractivity contribution in [3.63, 3.8) is 0 Å². The molecule has 2 aromatic heterocycles. The van der Waals surface area contributed by atoms with Crippen LogP contribution >= 0.6 is 11.3 Å². The Morgan fingerprint density at radius 3 is 2.85 bits per heavy atom. The molecule has 1 aromatic carbocycles. The van der Waals surface area contributed by atoms with Crippen molar-refractivity contribution in [3.05, 3.63) is 45.6 Å². The summed E-state index contributed by atoms with van der Waals surface area (Å²) in [6.45, 7) is 5.03. The summed E-state index contributed by atoms with van der Waals surface area (Å²) in [5.41, 5.74) is 0.144. The number of carbonyl (C=O) groups excluding carboxylic acids is 1. The lowest BCUT2D eigenvalue weighted by Gasteiger charge is -2.26. The maximum atomic E-state index is 12.4. The molecule has 1 N–H and O–H groups in total. The van der Waals surface area contributed by atoms with Crippen LogP contribution in [0.3, 0.4) is 0 Å². The van der Waals surface area contributed by atoms with Gasteiger partial charge in [0.1, 0.15) is 5.58 Å². The van der Waals surface area contributed by atoms with Gasteiger partial charge < -0.3 is 14.5 Å². The molecule has 6 nitrogen and oxygen atoms in total. The van der Waals surface area contributed by atoms with Crippen molar-refractivity contribution in [3.8, 4) is 0 Å². The Balaban J connectivity index is 1.44. The zero-order valence-electron chi connectivity index (χ0n) is 14.3. The first-order valence-electron chi connectivity index (χ1n) is 8.76. The molecule has 7 heteroatoms. The SMILES string of the molecule is O=C(NCCCN1CCOCC1)c1cc2c(=O)oc3ccccc3c2s1. The number of rotatable bonds is 5.